The predicted molar refractivity (Wildman–Crippen MR) is 33.5 cm³/mol. The smallest absolute Gasteiger partial charge is 0.250 e. The van der Waals surface area contributed by atoms with Gasteiger partial charge in [0.1, 0.15) is 0 Å². The van der Waals surface area contributed by atoms with Crippen LogP contribution in [-0.4, -0.2) is 4.92 Å². The van der Waals surface area contributed by atoms with E-state index in [0.29, 0.717) is 12.1 Å². The van der Waals surface area contributed by atoms with Crippen LogP contribution in [0, 0.1) is 10.1 Å². The molecule has 0 fully saturated rings. The van der Waals surface area contributed by atoms with Crippen molar-refractivity contribution < 1.29 is 4.92 Å². The van der Waals surface area contributed by atoms with Crippen LogP contribution in [0.3, 0.4) is 0 Å². The summed E-state index contributed by atoms with van der Waals surface area (Å²) in [5.74, 6) is 0. The molecule has 0 bridgehead atoms. The first kappa shape index (κ1) is 6.01. The van der Waals surface area contributed by atoms with Crippen LogP contribution in [0.4, 0.5) is 0 Å². The molecule has 48 valence electrons. The lowest BCUT2D eigenvalue weighted by atomic mass is 10.2. The fourth-order valence-corrected chi connectivity index (χ4v) is 0.767. The van der Waals surface area contributed by atoms with Crippen LogP contribution < -0.4 is 0 Å². The Hall–Kier alpha value is -1.12. The van der Waals surface area contributed by atoms with Gasteiger partial charge in [-0.2, -0.15) is 0 Å². The van der Waals surface area contributed by atoms with Crippen molar-refractivity contribution >= 4 is 0 Å². The van der Waals surface area contributed by atoms with E-state index in [2.05, 4.69) is 0 Å². The Labute approximate surface area is 52.8 Å². The molecule has 0 N–H and O–H groups in total. The summed E-state index contributed by atoms with van der Waals surface area (Å²) in [7, 11) is 0. The van der Waals surface area contributed by atoms with Crippen molar-refractivity contribution in [3.8, 4) is 0 Å². The van der Waals surface area contributed by atoms with Crippen LogP contribution in [0.1, 0.15) is 13.3 Å². The maximum atomic E-state index is 10.1. The largest absolute Gasteiger partial charge is 0.259 e. The summed E-state index contributed by atoms with van der Waals surface area (Å²) < 4.78 is 0. The van der Waals surface area contributed by atoms with Gasteiger partial charge in [0.05, 0.1) is 11.3 Å². The molecule has 0 atom stereocenters. The third-order valence-electron chi connectivity index (χ3n) is 1.25. The Morgan fingerprint density at radius 3 is 2.56 bits per heavy atom. The van der Waals surface area contributed by atoms with E-state index in [1.54, 1.807) is 12.2 Å². The van der Waals surface area contributed by atoms with Crippen LogP contribution in [0.5, 0.6) is 0 Å². The minimum atomic E-state index is -0.340. The fourth-order valence-electron chi connectivity index (χ4n) is 0.767. The average molecular weight is 125 g/mol. The Morgan fingerprint density at radius 1 is 1.67 bits per heavy atom. The van der Waals surface area contributed by atoms with Crippen molar-refractivity contribution in [2.45, 2.75) is 13.3 Å². The van der Waals surface area contributed by atoms with Crippen molar-refractivity contribution in [1.82, 2.24) is 0 Å². The van der Waals surface area contributed by atoms with Gasteiger partial charge in [-0.3, -0.25) is 10.1 Å². The SMILES string of the molecule is CC1=CC=C([N+](=O)[O-])C1. The van der Waals surface area contributed by atoms with Gasteiger partial charge in [0, 0.05) is 6.08 Å². The number of rotatable bonds is 1. The van der Waals surface area contributed by atoms with Crippen molar-refractivity contribution in [2.75, 3.05) is 0 Å². The lowest BCUT2D eigenvalue weighted by Gasteiger charge is -1.88. The number of nitrogens with zero attached hydrogens (tertiary/aromatic N) is 1. The monoisotopic (exact) mass is 125 g/mol. The van der Waals surface area contributed by atoms with Gasteiger partial charge in [-0.15, -0.1) is 0 Å². The molecule has 1 aliphatic carbocycles. The topological polar surface area (TPSA) is 43.1 Å². The maximum absolute atomic E-state index is 10.1. The molecule has 0 saturated carbocycles. The molecule has 1 rings (SSSR count). The molecule has 3 heteroatoms. The Kier molecular flexibility index (Phi) is 1.34. The second-order valence-electron chi connectivity index (χ2n) is 2.10. The van der Waals surface area contributed by atoms with E-state index in [9.17, 15) is 10.1 Å². The zero-order chi connectivity index (χ0) is 6.85. The van der Waals surface area contributed by atoms with Crippen LogP contribution in [-0.2, 0) is 0 Å². The van der Waals surface area contributed by atoms with E-state index in [4.69, 9.17) is 0 Å². The van der Waals surface area contributed by atoms with Gasteiger partial charge in [0.2, 0.25) is 5.70 Å². The number of allylic oxidation sites excluding steroid dienone is 3. The van der Waals surface area contributed by atoms with E-state index in [-0.39, 0.29) is 4.92 Å². The highest BCUT2D eigenvalue weighted by molar-refractivity contribution is 5.24. The third-order valence-corrected chi connectivity index (χ3v) is 1.25. The molecule has 3 nitrogen and oxygen atoms in total. The first-order valence-corrected chi connectivity index (χ1v) is 2.71. The zero-order valence-electron chi connectivity index (χ0n) is 5.13. The highest BCUT2D eigenvalue weighted by atomic mass is 16.6. The number of hydrogen-bond acceptors (Lipinski definition) is 2. The summed E-state index contributed by atoms with van der Waals surface area (Å²) in [5.41, 5.74) is 1.36. The summed E-state index contributed by atoms with van der Waals surface area (Å²) in [5, 5.41) is 10.1. The molecule has 0 aromatic heterocycles. The lowest BCUT2D eigenvalue weighted by molar-refractivity contribution is -0.426. The van der Waals surface area contributed by atoms with E-state index in [0.717, 1.165) is 5.57 Å². The summed E-state index contributed by atoms with van der Waals surface area (Å²) >= 11 is 0. The third kappa shape index (κ3) is 1.16. The Balaban J connectivity index is 2.64. The fraction of sp³-hybridized carbons (Fsp3) is 0.333. The molecular weight excluding hydrogens is 118 g/mol. The van der Waals surface area contributed by atoms with Crippen molar-refractivity contribution in [1.29, 1.82) is 0 Å². The summed E-state index contributed by atoms with van der Waals surface area (Å²) in [6.07, 6.45) is 3.83. The van der Waals surface area contributed by atoms with Crippen LogP contribution in [0.2, 0.25) is 0 Å². The molecule has 0 amide bonds. The first-order valence-electron chi connectivity index (χ1n) is 2.71. The number of nitro groups is 1. The maximum Gasteiger partial charge on any atom is 0.250 e. The number of hydrogen-bond donors (Lipinski definition) is 0. The molecule has 0 aliphatic heterocycles. The second kappa shape index (κ2) is 2.01. The molecule has 0 saturated heterocycles. The van der Waals surface area contributed by atoms with Gasteiger partial charge in [0.25, 0.3) is 0 Å². The van der Waals surface area contributed by atoms with Gasteiger partial charge < -0.3 is 0 Å². The van der Waals surface area contributed by atoms with E-state index < -0.39 is 0 Å². The second-order valence-corrected chi connectivity index (χ2v) is 2.10. The standard InChI is InChI=1S/C6H7NO2/c1-5-2-3-6(4-5)7(8)9/h2-3H,4H2,1H3. The zero-order valence-corrected chi connectivity index (χ0v) is 5.13. The molecule has 0 aromatic carbocycles. The summed E-state index contributed by atoms with van der Waals surface area (Å²) in [4.78, 5) is 9.71. The summed E-state index contributed by atoms with van der Waals surface area (Å²) in [6, 6.07) is 0. The highest BCUT2D eigenvalue weighted by Gasteiger charge is 2.13. The minimum Gasteiger partial charge on any atom is -0.259 e. The summed E-state index contributed by atoms with van der Waals surface area (Å²) in [6.45, 7) is 1.88. The van der Waals surface area contributed by atoms with E-state index in [1.807, 2.05) is 6.92 Å². The quantitative estimate of drug-likeness (QED) is 0.393. The van der Waals surface area contributed by atoms with Crippen molar-refractivity contribution in [3.05, 3.63) is 33.5 Å². The average Bonchev–Trinajstić information content (AvgIpc) is 2.14. The van der Waals surface area contributed by atoms with Gasteiger partial charge in [-0.05, 0) is 6.92 Å². The van der Waals surface area contributed by atoms with Gasteiger partial charge >= 0.3 is 0 Å². The molecular formula is C6H7NO2. The Morgan fingerprint density at radius 2 is 2.33 bits per heavy atom. The molecule has 1 aliphatic rings. The van der Waals surface area contributed by atoms with Crippen LogP contribution in [0.15, 0.2) is 23.4 Å². The van der Waals surface area contributed by atoms with Gasteiger partial charge in [-0.1, -0.05) is 11.6 Å². The molecule has 0 spiro atoms. The van der Waals surface area contributed by atoms with E-state index >= 15 is 0 Å². The first-order chi connectivity index (χ1) is 4.20. The van der Waals surface area contributed by atoms with Crippen molar-refractivity contribution in [2.24, 2.45) is 0 Å². The van der Waals surface area contributed by atoms with Gasteiger partial charge in [-0.25, -0.2) is 0 Å². The molecule has 0 radical (unpaired) electrons. The van der Waals surface area contributed by atoms with Crippen molar-refractivity contribution in [3.63, 3.8) is 0 Å². The molecule has 0 aromatic rings. The predicted octanol–water partition coefficient (Wildman–Crippen LogP) is 1.50. The highest BCUT2D eigenvalue weighted by Crippen LogP contribution is 2.17. The molecule has 9 heavy (non-hydrogen) atoms. The molecule has 0 heterocycles. The molecule has 0 unspecified atom stereocenters. The lowest BCUT2D eigenvalue weighted by Crippen LogP contribution is -1.94. The van der Waals surface area contributed by atoms with Crippen LogP contribution >= 0.6 is 0 Å². The minimum absolute atomic E-state index is 0.299. The van der Waals surface area contributed by atoms with Gasteiger partial charge in [0.15, 0.2) is 0 Å². The van der Waals surface area contributed by atoms with Crippen LogP contribution in [0.25, 0.3) is 0 Å². The normalized spacial score (nSPS) is 17.0. The van der Waals surface area contributed by atoms with E-state index in [1.165, 1.54) is 0 Å². The Bertz CT molecular complexity index is 203.